The molecule has 3 aromatic carbocycles. The van der Waals surface area contributed by atoms with Crippen LogP contribution in [0.25, 0.3) is 0 Å². The van der Waals surface area contributed by atoms with Crippen molar-refractivity contribution >= 4 is 23.3 Å². The van der Waals surface area contributed by atoms with Crippen molar-refractivity contribution in [1.82, 2.24) is 0 Å². The summed E-state index contributed by atoms with van der Waals surface area (Å²) in [6.07, 6.45) is 0. The van der Waals surface area contributed by atoms with E-state index in [9.17, 15) is 19.7 Å². The molecule has 3 aromatic rings. The fraction of sp³-hybridized carbons (Fsp3) is 0.0909. The highest BCUT2D eigenvalue weighted by atomic mass is 16.6. The molecule has 0 spiro atoms. The Kier molecular flexibility index (Phi) is 5.99. The van der Waals surface area contributed by atoms with Crippen LogP contribution in [0.1, 0.15) is 26.3 Å². The topological polar surface area (TPSA) is 89.8 Å². The molecule has 0 fully saturated rings. The van der Waals surface area contributed by atoms with E-state index in [-0.39, 0.29) is 23.4 Å². The van der Waals surface area contributed by atoms with Gasteiger partial charge in [0.2, 0.25) is 0 Å². The van der Waals surface area contributed by atoms with Crippen LogP contribution < -0.4 is 4.90 Å². The lowest BCUT2D eigenvalue weighted by molar-refractivity contribution is -0.384. The number of benzene rings is 3. The van der Waals surface area contributed by atoms with Crippen molar-refractivity contribution in [2.45, 2.75) is 6.54 Å². The third kappa shape index (κ3) is 4.65. The van der Waals surface area contributed by atoms with Crippen molar-refractivity contribution < 1.29 is 19.2 Å². The standard InChI is InChI=1S/C22H18N2O5/c1-29-22(26)18-12-17(13-20(14-18)24(27)28)21(25)23(19-10-6-3-7-11-19)15-16-8-4-2-5-9-16/h2-14H,15H2,1H3. The minimum atomic E-state index is -0.753. The number of nitro groups is 1. The first-order valence-corrected chi connectivity index (χ1v) is 8.78. The molecule has 29 heavy (non-hydrogen) atoms. The van der Waals surface area contributed by atoms with Gasteiger partial charge in [-0.25, -0.2) is 4.79 Å². The molecule has 0 unspecified atom stereocenters. The van der Waals surface area contributed by atoms with Crippen molar-refractivity contribution in [3.63, 3.8) is 0 Å². The lowest BCUT2D eigenvalue weighted by Gasteiger charge is -2.23. The second kappa shape index (κ2) is 8.79. The molecule has 0 aliphatic heterocycles. The van der Waals surface area contributed by atoms with E-state index in [2.05, 4.69) is 4.74 Å². The predicted octanol–water partition coefficient (Wildman–Crippen LogP) is 4.23. The van der Waals surface area contributed by atoms with Gasteiger partial charge < -0.3 is 9.64 Å². The molecule has 0 saturated heterocycles. The van der Waals surface area contributed by atoms with E-state index in [1.165, 1.54) is 18.1 Å². The minimum Gasteiger partial charge on any atom is -0.465 e. The molecule has 146 valence electrons. The van der Waals surface area contributed by atoms with Gasteiger partial charge in [-0.15, -0.1) is 0 Å². The van der Waals surface area contributed by atoms with E-state index in [1.54, 1.807) is 24.3 Å². The van der Waals surface area contributed by atoms with E-state index in [4.69, 9.17) is 0 Å². The average molecular weight is 390 g/mol. The Hall–Kier alpha value is -4.00. The highest BCUT2D eigenvalue weighted by Crippen LogP contribution is 2.24. The van der Waals surface area contributed by atoms with Gasteiger partial charge in [-0.3, -0.25) is 14.9 Å². The van der Waals surface area contributed by atoms with Gasteiger partial charge in [-0.05, 0) is 23.8 Å². The second-order valence-corrected chi connectivity index (χ2v) is 6.23. The number of carbonyl (C=O) groups excluding carboxylic acids is 2. The number of carbonyl (C=O) groups is 2. The molecule has 0 atom stereocenters. The molecule has 7 nitrogen and oxygen atoms in total. The highest BCUT2D eigenvalue weighted by molar-refractivity contribution is 6.07. The fourth-order valence-corrected chi connectivity index (χ4v) is 2.89. The molecule has 0 saturated carbocycles. The number of methoxy groups -OCH3 is 1. The van der Waals surface area contributed by atoms with Gasteiger partial charge in [0.05, 0.1) is 24.1 Å². The molecule has 0 aliphatic carbocycles. The van der Waals surface area contributed by atoms with Gasteiger partial charge in [0.15, 0.2) is 0 Å². The Morgan fingerprint density at radius 1 is 0.931 bits per heavy atom. The molecule has 0 aliphatic rings. The Labute approximate surface area is 167 Å². The van der Waals surface area contributed by atoms with Crippen molar-refractivity contribution in [1.29, 1.82) is 0 Å². The highest BCUT2D eigenvalue weighted by Gasteiger charge is 2.23. The number of hydrogen-bond donors (Lipinski definition) is 0. The number of esters is 1. The number of rotatable bonds is 6. The van der Waals surface area contributed by atoms with E-state index in [0.29, 0.717) is 5.69 Å². The van der Waals surface area contributed by atoms with E-state index in [0.717, 1.165) is 17.7 Å². The predicted molar refractivity (Wildman–Crippen MR) is 108 cm³/mol. The van der Waals surface area contributed by atoms with Gasteiger partial charge in [0, 0.05) is 23.4 Å². The zero-order valence-electron chi connectivity index (χ0n) is 15.6. The quantitative estimate of drug-likeness (QED) is 0.357. The first-order valence-electron chi connectivity index (χ1n) is 8.78. The number of non-ortho nitro benzene ring substituents is 1. The lowest BCUT2D eigenvalue weighted by Crippen LogP contribution is -2.30. The normalized spacial score (nSPS) is 10.2. The lowest BCUT2D eigenvalue weighted by atomic mass is 10.1. The Morgan fingerprint density at radius 3 is 2.10 bits per heavy atom. The maximum Gasteiger partial charge on any atom is 0.338 e. The van der Waals surface area contributed by atoms with Crippen molar-refractivity contribution in [2.24, 2.45) is 0 Å². The van der Waals surface area contributed by atoms with Crippen LogP contribution >= 0.6 is 0 Å². The summed E-state index contributed by atoms with van der Waals surface area (Å²) >= 11 is 0. The molecular weight excluding hydrogens is 372 g/mol. The zero-order valence-corrected chi connectivity index (χ0v) is 15.6. The number of para-hydroxylation sites is 1. The SMILES string of the molecule is COC(=O)c1cc(C(=O)N(Cc2ccccc2)c2ccccc2)cc([N+](=O)[O-])c1. The van der Waals surface area contributed by atoms with E-state index < -0.39 is 16.8 Å². The third-order valence-electron chi connectivity index (χ3n) is 4.29. The summed E-state index contributed by atoms with van der Waals surface area (Å²) < 4.78 is 4.66. The van der Waals surface area contributed by atoms with Crippen LogP contribution in [0.15, 0.2) is 78.9 Å². The average Bonchev–Trinajstić information content (AvgIpc) is 2.77. The van der Waals surface area contributed by atoms with Gasteiger partial charge >= 0.3 is 5.97 Å². The summed E-state index contributed by atoms with van der Waals surface area (Å²) in [5.41, 5.74) is 1.14. The third-order valence-corrected chi connectivity index (χ3v) is 4.29. The smallest absolute Gasteiger partial charge is 0.338 e. The summed E-state index contributed by atoms with van der Waals surface area (Å²) in [7, 11) is 1.17. The maximum absolute atomic E-state index is 13.3. The van der Waals surface area contributed by atoms with Crippen LogP contribution in [0.5, 0.6) is 0 Å². The van der Waals surface area contributed by atoms with Crippen LogP contribution in [0.4, 0.5) is 11.4 Å². The van der Waals surface area contributed by atoms with E-state index in [1.807, 2.05) is 36.4 Å². The van der Waals surface area contributed by atoms with Crippen LogP contribution in [-0.4, -0.2) is 23.9 Å². The van der Waals surface area contributed by atoms with Crippen LogP contribution in [0.3, 0.4) is 0 Å². The zero-order chi connectivity index (χ0) is 20.8. The molecule has 3 rings (SSSR count). The second-order valence-electron chi connectivity index (χ2n) is 6.23. The fourth-order valence-electron chi connectivity index (χ4n) is 2.89. The number of nitro benzene ring substituents is 1. The summed E-state index contributed by atoms with van der Waals surface area (Å²) in [5.74, 6) is -1.22. The first kappa shape index (κ1) is 19.8. The van der Waals surface area contributed by atoms with Gasteiger partial charge in [-0.2, -0.15) is 0 Å². The van der Waals surface area contributed by atoms with Gasteiger partial charge in [0.1, 0.15) is 0 Å². The van der Waals surface area contributed by atoms with Crippen LogP contribution in [-0.2, 0) is 11.3 Å². The van der Waals surface area contributed by atoms with Crippen molar-refractivity contribution in [2.75, 3.05) is 12.0 Å². The Bertz CT molecular complexity index is 1040. The number of ether oxygens (including phenoxy) is 1. The van der Waals surface area contributed by atoms with Crippen molar-refractivity contribution in [3.05, 3.63) is 106 Å². The number of nitrogens with zero attached hydrogens (tertiary/aromatic N) is 2. The summed E-state index contributed by atoms with van der Waals surface area (Å²) in [5, 5.41) is 11.3. The molecule has 0 bridgehead atoms. The summed E-state index contributed by atoms with van der Waals surface area (Å²) in [4.78, 5) is 37.4. The molecule has 1 amide bonds. The number of anilines is 1. The summed E-state index contributed by atoms with van der Waals surface area (Å²) in [6.45, 7) is 0.264. The minimum absolute atomic E-state index is 0.0272. The monoisotopic (exact) mass is 390 g/mol. The Morgan fingerprint density at radius 2 is 1.52 bits per heavy atom. The molecule has 0 aromatic heterocycles. The molecule has 0 radical (unpaired) electrons. The maximum atomic E-state index is 13.3. The number of hydrogen-bond acceptors (Lipinski definition) is 5. The largest absolute Gasteiger partial charge is 0.465 e. The molecule has 7 heteroatoms. The van der Waals surface area contributed by atoms with Crippen molar-refractivity contribution in [3.8, 4) is 0 Å². The van der Waals surface area contributed by atoms with Crippen LogP contribution in [0, 0.1) is 10.1 Å². The summed E-state index contributed by atoms with van der Waals surface area (Å²) in [6, 6.07) is 21.9. The van der Waals surface area contributed by atoms with Gasteiger partial charge in [0.25, 0.3) is 11.6 Å². The van der Waals surface area contributed by atoms with Gasteiger partial charge in [-0.1, -0.05) is 48.5 Å². The van der Waals surface area contributed by atoms with Crippen LogP contribution in [0.2, 0.25) is 0 Å². The molecule has 0 heterocycles. The van der Waals surface area contributed by atoms with E-state index >= 15 is 0 Å². The Balaban J connectivity index is 2.06. The molecular formula is C22H18N2O5. The molecule has 0 N–H and O–H groups in total. The first-order chi connectivity index (χ1) is 14.0. The number of amides is 1.